The normalized spacial score (nSPS) is 21.1. The number of hydrogen-bond acceptors (Lipinski definition) is 4. The minimum absolute atomic E-state index is 0.603. The summed E-state index contributed by atoms with van der Waals surface area (Å²) in [4.78, 5) is 6.63. The number of hydrogen-bond donors (Lipinski definition) is 2. The molecule has 0 aromatic heterocycles. The van der Waals surface area contributed by atoms with Gasteiger partial charge in [0.1, 0.15) is 0 Å². The minimum atomic E-state index is 0.603. The highest BCUT2D eigenvalue weighted by atomic mass is 16.5. The van der Waals surface area contributed by atoms with E-state index in [2.05, 4.69) is 34.6 Å². The molecule has 1 aliphatic carbocycles. The minimum Gasteiger partial charge on any atom is -0.381 e. The molecule has 0 aromatic carbocycles. The fourth-order valence-electron chi connectivity index (χ4n) is 3.22. The first-order valence-electron chi connectivity index (χ1n) is 9.47. The maximum Gasteiger partial charge on any atom is 0.191 e. The van der Waals surface area contributed by atoms with Gasteiger partial charge in [0.25, 0.3) is 0 Å². The van der Waals surface area contributed by atoms with Crippen LogP contribution in [0.5, 0.6) is 0 Å². The molecular weight excluding hydrogens is 304 g/mol. The van der Waals surface area contributed by atoms with Gasteiger partial charge in [-0.25, -0.2) is 0 Å². The zero-order chi connectivity index (χ0) is 17.2. The molecule has 0 radical (unpaired) electrons. The maximum absolute atomic E-state index is 5.80. The molecule has 0 amide bonds. The van der Waals surface area contributed by atoms with Crippen molar-refractivity contribution in [1.29, 1.82) is 0 Å². The summed E-state index contributed by atoms with van der Waals surface area (Å²) in [7, 11) is 6.16. The van der Waals surface area contributed by atoms with Gasteiger partial charge in [-0.05, 0) is 58.0 Å². The Kier molecular flexibility index (Phi) is 8.84. The third-order valence-electron chi connectivity index (χ3n) is 4.98. The summed E-state index contributed by atoms with van der Waals surface area (Å²) in [6.07, 6.45) is 6.01. The summed E-state index contributed by atoms with van der Waals surface area (Å²) >= 11 is 0. The van der Waals surface area contributed by atoms with Gasteiger partial charge in [0.2, 0.25) is 0 Å². The van der Waals surface area contributed by atoms with Crippen molar-refractivity contribution in [3.05, 3.63) is 0 Å². The molecule has 6 nitrogen and oxygen atoms in total. The van der Waals surface area contributed by atoms with E-state index in [1.165, 1.54) is 12.8 Å². The summed E-state index contributed by atoms with van der Waals surface area (Å²) in [5.41, 5.74) is 0. The van der Waals surface area contributed by atoms with Crippen LogP contribution in [0, 0.1) is 11.8 Å². The topological polar surface area (TPSA) is 58.1 Å². The van der Waals surface area contributed by atoms with Crippen LogP contribution in [-0.2, 0) is 9.47 Å². The van der Waals surface area contributed by atoms with E-state index in [0.717, 1.165) is 70.7 Å². The number of likely N-dealkylation sites (N-methyl/N-ethyl adjacent to an activating group) is 1. The molecule has 140 valence electrons. The molecule has 0 bridgehead atoms. The van der Waals surface area contributed by atoms with Gasteiger partial charge in [0, 0.05) is 52.6 Å². The number of rotatable bonds is 10. The van der Waals surface area contributed by atoms with Crippen LogP contribution in [0.2, 0.25) is 0 Å². The largest absolute Gasteiger partial charge is 0.381 e. The predicted molar refractivity (Wildman–Crippen MR) is 98.5 cm³/mol. The third kappa shape index (κ3) is 7.36. The molecule has 24 heavy (non-hydrogen) atoms. The Balaban J connectivity index is 1.50. The third-order valence-corrected chi connectivity index (χ3v) is 4.98. The summed E-state index contributed by atoms with van der Waals surface area (Å²) < 4.78 is 11.2. The lowest BCUT2D eigenvalue weighted by Gasteiger charge is -2.25. The van der Waals surface area contributed by atoms with E-state index in [-0.39, 0.29) is 0 Å². The van der Waals surface area contributed by atoms with Gasteiger partial charge in [0.05, 0.1) is 0 Å². The van der Waals surface area contributed by atoms with Crippen LogP contribution in [0.1, 0.15) is 32.1 Å². The Morgan fingerprint density at radius 3 is 2.58 bits per heavy atom. The molecule has 2 fully saturated rings. The fourth-order valence-corrected chi connectivity index (χ4v) is 3.22. The lowest BCUT2D eigenvalue weighted by Crippen LogP contribution is -2.46. The SMILES string of the molecule is CN=C(NCCCOCC1CCOCC1)NCC(C1CC1)N(C)C. The average molecular weight is 341 g/mol. The number of nitrogens with zero attached hydrogens (tertiary/aromatic N) is 2. The zero-order valence-electron chi connectivity index (χ0n) is 15.7. The van der Waals surface area contributed by atoms with Crippen LogP contribution in [-0.4, -0.2) is 77.6 Å². The van der Waals surface area contributed by atoms with Gasteiger partial charge in [-0.15, -0.1) is 0 Å². The molecule has 1 heterocycles. The van der Waals surface area contributed by atoms with Crippen molar-refractivity contribution in [3.8, 4) is 0 Å². The standard InChI is InChI=1S/C18H36N4O2/c1-19-18(21-13-17(22(2)3)16-5-6-16)20-9-4-10-24-14-15-7-11-23-12-8-15/h15-17H,4-14H2,1-3H3,(H2,19,20,21). The summed E-state index contributed by atoms with van der Waals surface area (Å²) in [5.74, 6) is 2.43. The molecule has 2 N–H and O–H groups in total. The Labute approximate surface area is 147 Å². The molecule has 0 aromatic rings. The lowest BCUT2D eigenvalue weighted by atomic mass is 10.0. The molecule has 2 aliphatic rings. The average Bonchev–Trinajstić information content (AvgIpc) is 3.41. The van der Waals surface area contributed by atoms with Crippen LogP contribution in [0.25, 0.3) is 0 Å². The van der Waals surface area contributed by atoms with Gasteiger partial charge >= 0.3 is 0 Å². The molecule has 2 rings (SSSR count). The first-order chi connectivity index (χ1) is 11.7. The Morgan fingerprint density at radius 2 is 1.96 bits per heavy atom. The molecule has 0 spiro atoms. The van der Waals surface area contributed by atoms with Crippen molar-refractivity contribution in [2.75, 3.05) is 60.7 Å². The van der Waals surface area contributed by atoms with Gasteiger partial charge in [-0.1, -0.05) is 0 Å². The lowest BCUT2D eigenvalue weighted by molar-refractivity contribution is 0.0203. The molecule has 1 saturated carbocycles. The highest BCUT2D eigenvalue weighted by Crippen LogP contribution is 2.34. The van der Waals surface area contributed by atoms with Crippen LogP contribution < -0.4 is 10.6 Å². The van der Waals surface area contributed by atoms with Crippen molar-refractivity contribution in [3.63, 3.8) is 0 Å². The van der Waals surface area contributed by atoms with E-state index >= 15 is 0 Å². The van der Waals surface area contributed by atoms with Crippen LogP contribution in [0.4, 0.5) is 0 Å². The summed E-state index contributed by atoms with van der Waals surface area (Å²) in [5, 5.41) is 6.84. The number of ether oxygens (including phenoxy) is 2. The summed E-state index contributed by atoms with van der Waals surface area (Å²) in [6.45, 7) is 5.33. The fraction of sp³-hybridized carbons (Fsp3) is 0.944. The first kappa shape index (κ1) is 19.5. The first-order valence-corrected chi connectivity index (χ1v) is 9.47. The molecular formula is C18H36N4O2. The van der Waals surface area contributed by atoms with Crippen LogP contribution in [0.3, 0.4) is 0 Å². The van der Waals surface area contributed by atoms with Gasteiger partial charge in [-0.3, -0.25) is 4.99 Å². The van der Waals surface area contributed by atoms with E-state index in [0.29, 0.717) is 12.0 Å². The van der Waals surface area contributed by atoms with Crippen molar-refractivity contribution < 1.29 is 9.47 Å². The Morgan fingerprint density at radius 1 is 1.21 bits per heavy atom. The zero-order valence-corrected chi connectivity index (χ0v) is 15.7. The van der Waals surface area contributed by atoms with Crippen LogP contribution in [0.15, 0.2) is 4.99 Å². The van der Waals surface area contributed by atoms with E-state index < -0.39 is 0 Å². The predicted octanol–water partition coefficient (Wildman–Crippen LogP) is 1.32. The number of guanidine groups is 1. The number of nitrogens with one attached hydrogen (secondary N) is 2. The smallest absolute Gasteiger partial charge is 0.191 e. The molecule has 1 aliphatic heterocycles. The highest BCUT2D eigenvalue weighted by molar-refractivity contribution is 5.79. The molecule has 1 atom stereocenters. The van der Waals surface area contributed by atoms with Crippen molar-refractivity contribution in [2.45, 2.75) is 38.1 Å². The second kappa shape index (κ2) is 10.9. The van der Waals surface area contributed by atoms with E-state index in [1.807, 2.05) is 7.05 Å². The van der Waals surface area contributed by atoms with Crippen molar-refractivity contribution >= 4 is 5.96 Å². The Bertz CT molecular complexity index is 364. The van der Waals surface area contributed by atoms with E-state index in [1.54, 1.807) is 0 Å². The van der Waals surface area contributed by atoms with Gasteiger partial charge in [-0.2, -0.15) is 0 Å². The second-order valence-corrected chi connectivity index (χ2v) is 7.23. The van der Waals surface area contributed by atoms with Crippen molar-refractivity contribution in [2.24, 2.45) is 16.8 Å². The molecule has 6 heteroatoms. The molecule has 1 unspecified atom stereocenters. The number of aliphatic imine (C=N–C) groups is 1. The quantitative estimate of drug-likeness (QED) is 0.357. The monoisotopic (exact) mass is 340 g/mol. The Hall–Kier alpha value is -0.850. The van der Waals surface area contributed by atoms with Crippen LogP contribution >= 0.6 is 0 Å². The van der Waals surface area contributed by atoms with E-state index in [9.17, 15) is 0 Å². The second-order valence-electron chi connectivity index (χ2n) is 7.23. The molecule has 1 saturated heterocycles. The van der Waals surface area contributed by atoms with Gasteiger partial charge in [0.15, 0.2) is 5.96 Å². The van der Waals surface area contributed by atoms with Crippen molar-refractivity contribution in [1.82, 2.24) is 15.5 Å². The highest BCUT2D eigenvalue weighted by Gasteiger charge is 2.32. The van der Waals surface area contributed by atoms with E-state index in [4.69, 9.17) is 9.47 Å². The van der Waals surface area contributed by atoms with Gasteiger partial charge < -0.3 is 25.0 Å². The maximum atomic E-state index is 5.80. The summed E-state index contributed by atoms with van der Waals surface area (Å²) in [6, 6.07) is 0.603.